The van der Waals surface area contributed by atoms with E-state index in [0.717, 1.165) is 11.1 Å². The molecule has 3 aromatic heterocycles. The summed E-state index contributed by atoms with van der Waals surface area (Å²) in [5.41, 5.74) is 7.71. The fraction of sp³-hybridized carbons (Fsp3) is 0.0769. The first kappa shape index (κ1) is 11.3. The Balaban J connectivity index is 2.22. The second kappa shape index (κ2) is 4.16. The van der Waals surface area contributed by atoms with E-state index in [0.29, 0.717) is 11.5 Å². The third kappa shape index (κ3) is 1.93. The average molecular weight is 252 g/mol. The highest BCUT2D eigenvalue weighted by atomic mass is 16.1. The SMILES string of the molecule is Cc1cncc(-c2nc3c(C(N)=O)[c]ccn3n2)c1. The molecule has 19 heavy (non-hydrogen) atoms. The number of aryl methyl sites for hydroxylation is 1. The topological polar surface area (TPSA) is 86.2 Å². The van der Waals surface area contributed by atoms with Crippen LogP contribution in [0.25, 0.3) is 17.0 Å². The molecule has 0 atom stereocenters. The van der Waals surface area contributed by atoms with Crippen molar-refractivity contribution in [2.45, 2.75) is 6.92 Å². The molecule has 6 nitrogen and oxygen atoms in total. The van der Waals surface area contributed by atoms with Gasteiger partial charge in [0.15, 0.2) is 11.5 Å². The van der Waals surface area contributed by atoms with Crippen molar-refractivity contribution in [3.05, 3.63) is 47.9 Å². The van der Waals surface area contributed by atoms with E-state index in [1.807, 2.05) is 13.0 Å². The summed E-state index contributed by atoms with van der Waals surface area (Å²) in [6.07, 6.45) is 5.10. The van der Waals surface area contributed by atoms with Gasteiger partial charge >= 0.3 is 0 Å². The number of aromatic nitrogens is 4. The van der Waals surface area contributed by atoms with Crippen molar-refractivity contribution >= 4 is 11.6 Å². The molecule has 0 fully saturated rings. The van der Waals surface area contributed by atoms with Gasteiger partial charge < -0.3 is 5.73 Å². The monoisotopic (exact) mass is 252 g/mol. The van der Waals surface area contributed by atoms with Gasteiger partial charge in [-0.25, -0.2) is 9.50 Å². The fourth-order valence-corrected chi connectivity index (χ4v) is 1.83. The van der Waals surface area contributed by atoms with E-state index in [1.54, 1.807) is 24.7 Å². The van der Waals surface area contributed by atoms with Crippen LogP contribution in [-0.4, -0.2) is 25.5 Å². The number of pyridine rings is 2. The number of nitrogens with zero attached hydrogens (tertiary/aromatic N) is 4. The van der Waals surface area contributed by atoms with Crippen LogP contribution in [0.5, 0.6) is 0 Å². The molecule has 3 heterocycles. The molecular formula is C13H10N5O. The number of hydrogen-bond donors (Lipinski definition) is 1. The lowest BCUT2D eigenvalue weighted by Gasteiger charge is -1.95. The summed E-state index contributed by atoms with van der Waals surface area (Å²) in [5.74, 6) is -0.0785. The number of carbonyl (C=O) groups is 1. The Morgan fingerprint density at radius 3 is 3.00 bits per heavy atom. The highest BCUT2D eigenvalue weighted by Crippen LogP contribution is 2.17. The van der Waals surface area contributed by atoms with Gasteiger partial charge in [0, 0.05) is 30.2 Å². The van der Waals surface area contributed by atoms with Crippen LogP contribution in [0.15, 0.2) is 30.7 Å². The number of carbonyl (C=O) groups excluding carboxylic acids is 1. The zero-order chi connectivity index (χ0) is 13.4. The molecule has 93 valence electrons. The Labute approximate surface area is 108 Å². The number of primary amides is 1. The summed E-state index contributed by atoms with van der Waals surface area (Å²) in [6, 6.07) is 6.28. The zero-order valence-corrected chi connectivity index (χ0v) is 10.2. The van der Waals surface area contributed by atoms with Crippen LogP contribution in [0, 0.1) is 13.0 Å². The molecule has 3 rings (SSSR count). The third-order valence-corrected chi connectivity index (χ3v) is 2.68. The lowest BCUT2D eigenvalue weighted by atomic mass is 10.2. The predicted molar refractivity (Wildman–Crippen MR) is 68.3 cm³/mol. The van der Waals surface area contributed by atoms with Crippen molar-refractivity contribution in [2.75, 3.05) is 0 Å². The summed E-state index contributed by atoms with van der Waals surface area (Å²) in [4.78, 5) is 19.7. The summed E-state index contributed by atoms with van der Waals surface area (Å²) in [7, 11) is 0. The minimum atomic E-state index is -0.577. The van der Waals surface area contributed by atoms with Crippen molar-refractivity contribution in [2.24, 2.45) is 5.73 Å². The maximum atomic E-state index is 11.3. The van der Waals surface area contributed by atoms with E-state index in [9.17, 15) is 4.79 Å². The van der Waals surface area contributed by atoms with Gasteiger partial charge in [-0.05, 0) is 24.6 Å². The quantitative estimate of drug-likeness (QED) is 0.737. The largest absolute Gasteiger partial charge is 0.365 e. The van der Waals surface area contributed by atoms with Crippen LogP contribution in [0.4, 0.5) is 0 Å². The molecule has 1 radical (unpaired) electrons. The number of nitrogens with two attached hydrogens (primary N) is 1. The lowest BCUT2D eigenvalue weighted by Crippen LogP contribution is -2.12. The molecule has 0 aliphatic carbocycles. The molecule has 2 N–H and O–H groups in total. The van der Waals surface area contributed by atoms with Crippen molar-refractivity contribution in [1.29, 1.82) is 0 Å². The molecule has 6 heteroatoms. The van der Waals surface area contributed by atoms with E-state index in [4.69, 9.17) is 5.73 Å². The highest BCUT2D eigenvalue weighted by Gasteiger charge is 2.13. The smallest absolute Gasteiger partial charge is 0.253 e. The number of amides is 1. The van der Waals surface area contributed by atoms with Gasteiger partial charge in [0.05, 0.1) is 5.56 Å². The summed E-state index contributed by atoms with van der Waals surface area (Å²) >= 11 is 0. The number of hydrogen-bond acceptors (Lipinski definition) is 4. The second-order valence-corrected chi connectivity index (χ2v) is 4.15. The minimum Gasteiger partial charge on any atom is -0.365 e. The standard InChI is InChI=1S/C13H10N5O/c1-8-5-9(7-15-6-8)12-16-13-10(11(14)19)3-2-4-18(13)17-12/h2,4-7H,1H3,(H2,14,19). The van der Waals surface area contributed by atoms with Gasteiger partial charge in [-0.2, -0.15) is 0 Å². The Morgan fingerprint density at radius 2 is 2.26 bits per heavy atom. The Kier molecular flexibility index (Phi) is 2.49. The van der Waals surface area contributed by atoms with Gasteiger partial charge in [0.2, 0.25) is 0 Å². The molecule has 0 aliphatic rings. The van der Waals surface area contributed by atoms with Crippen molar-refractivity contribution in [3.63, 3.8) is 0 Å². The Bertz CT molecular complexity index is 778. The molecule has 1 amide bonds. The maximum absolute atomic E-state index is 11.3. The van der Waals surface area contributed by atoms with E-state index in [2.05, 4.69) is 21.1 Å². The van der Waals surface area contributed by atoms with Crippen LogP contribution in [-0.2, 0) is 0 Å². The van der Waals surface area contributed by atoms with E-state index >= 15 is 0 Å². The maximum Gasteiger partial charge on any atom is 0.253 e. The van der Waals surface area contributed by atoms with Crippen molar-refractivity contribution in [3.8, 4) is 11.4 Å². The van der Waals surface area contributed by atoms with Crippen molar-refractivity contribution < 1.29 is 4.79 Å². The molecule has 3 aromatic rings. The first-order chi connectivity index (χ1) is 9.15. The summed E-state index contributed by atoms with van der Waals surface area (Å²) < 4.78 is 1.51. The number of rotatable bonds is 2. The molecule has 0 saturated carbocycles. The average Bonchev–Trinajstić information content (AvgIpc) is 2.82. The van der Waals surface area contributed by atoms with Gasteiger partial charge in [0.25, 0.3) is 5.91 Å². The van der Waals surface area contributed by atoms with Gasteiger partial charge in [0.1, 0.15) is 0 Å². The molecule has 0 bridgehead atoms. The molecule has 0 saturated heterocycles. The minimum absolute atomic E-state index is 0.224. The van der Waals surface area contributed by atoms with Gasteiger partial charge in [-0.3, -0.25) is 9.78 Å². The molecular weight excluding hydrogens is 242 g/mol. The van der Waals surface area contributed by atoms with Gasteiger partial charge in [-0.1, -0.05) is 0 Å². The Morgan fingerprint density at radius 1 is 1.42 bits per heavy atom. The van der Waals surface area contributed by atoms with Gasteiger partial charge in [-0.15, -0.1) is 5.10 Å². The van der Waals surface area contributed by atoms with Crippen LogP contribution in [0.3, 0.4) is 0 Å². The van der Waals surface area contributed by atoms with E-state index in [1.165, 1.54) is 4.52 Å². The van der Waals surface area contributed by atoms with Crippen LogP contribution < -0.4 is 5.73 Å². The third-order valence-electron chi connectivity index (χ3n) is 2.68. The zero-order valence-electron chi connectivity index (χ0n) is 10.2. The first-order valence-electron chi connectivity index (χ1n) is 5.64. The molecule has 0 unspecified atom stereocenters. The normalized spacial score (nSPS) is 10.8. The van der Waals surface area contributed by atoms with Crippen molar-refractivity contribution in [1.82, 2.24) is 19.6 Å². The van der Waals surface area contributed by atoms with Crippen LogP contribution in [0.2, 0.25) is 0 Å². The van der Waals surface area contributed by atoms with E-state index < -0.39 is 5.91 Å². The van der Waals surface area contributed by atoms with Crippen LogP contribution >= 0.6 is 0 Å². The second-order valence-electron chi connectivity index (χ2n) is 4.15. The summed E-state index contributed by atoms with van der Waals surface area (Å²) in [6.45, 7) is 1.94. The number of fused-ring (bicyclic) bond motifs is 1. The molecule has 0 aromatic carbocycles. The highest BCUT2D eigenvalue weighted by molar-refractivity contribution is 5.98. The lowest BCUT2D eigenvalue weighted by molar-refractivity contribution is 0.100. The van der Waals surface area contributed by atoms with E-state index in [-0.39, 0.29) is 5.56 Å². The van der Waals surface area contributed by atoms with Crippen LogP contribution in [0.1, 0.15) is 15.9 Å². The predicted octanol–water partition coefficient (Wildman–Crippen LogP) is 0.999. The Hall–Kier alpha value is -2.76. The molecule has 0 aliphatic heterocycles. The fourth-order valence-electron chi connectivity index (χ4n) is 1.83. The first-order valence-corrected chi connectivity index (χ1v) is 5.64. The molecule has 0 spiro atoms. The summed E-state index contributed by atoms with van der Waals surface area (Å²) in [5, 5.41) is 4.30.